The van der Waals surface area contributed by atoms with Crippen molar-refractivity contribution in [3.63, 3.8) is 0 Å². The first kappa shape index (κ1) is 32.0. The number of aromatic amines is 2. The molecule has 256 valence electrons. The van der Waals surface area contributed by atoms with Crippen molar-refractivity contribution in [2.45, 2.75) is 0 Å². The number of carbonyl (C=O) groups excluding carboxylic acids is 1. The molecule has 8 aromatic rings. The molecule has 5 nitrogen and oxygen atoms in total. The number of hydrogen-bond acceptors (Lipinski definition) is 5. The molecule has 2 aliphatic heterocycles. The smallest absolute Gasteiger partial charge is 0.152 e. The first-order chi connectivity index (χ1) is 26.7. The molecule has 2 aliphatic rings. The van der Waals surface area contributed by atoms with Crippen molar-refractivity contribution in [2.75, 3.05) is 0 Å². The first-order valence-corrected chi connectivity index (χ1v) is 19.4. The van der Waals surface area contributed by atoms with Gasteiger partial charge in [-0.05, 0) is 88.8 Å². The minimum absolute atomic E-state index is 0.696. The van der Waals surface area contributed by atoms with Gasteiger partial charge in [0.2, 0.25) is 0 Å². The number of aromatic nitrogens is 4. The minimum Gasteiger partial charge on any atom is -0.355 e. The summed E-state index contributed by atoms with van der Waals surface area (Å²) in [7, 11) is 0. The van der Waals surface area contributed by atoms with Crippen molar-refractivity contribution in [3.05, 3.63) is 167 Å². The highest BCUT2D eigenvalue weighted by Gasteiger charge is 2.28. The molecule has 3 aromatic carbocycles. The van der Waals surface area contributed by atoms with Crippen LogP contribution in [0.4, 0.5) is 0 Å². The van der Waals surface area contributed by atoms with Crippen molar-refractivity contribution in [1.29, 1.82) is 0 Å². The molecular formula is C47H30N4OS2. The molecule has 0 atom stereocenters. The van der Waals surface area contributed by atoms with E-state index in [4.69, 9.17) is 9.97 Å². The lowest BCUT2D eigenvalue weighted by Crippen LogP contribution is -1.88. The second kappa shape index (κ2) is 13.4. The fraction of sp³-hybridized carbons (Fsp3) is 0. The zero-order chi connectivity index (χ0) is 36.0. The Kier molecular flexibility index (Phi) is 7.94. The van der Waals surface area contributed by atoms with Crippen molar-refractivity contribution >= 4 is 75.3 Å². The molecule has 10 rings (SSSR count). The fourth-order valence-electron chi connectivity index (χ4n) is 7.25. The topological polar surface area (TPSA) is 74.4 Å². The number of aldehydes is 1. The Morgan fingerprint density at radius 3 is 1.65 bits per heavy atom. The number of hydrogen-bond donors (Lipinski definition) is 2. The fourth-order valence-corrected chi connectivity index (χ4v) is 9.81. The van der Waals surface area contributed by atoms with Crippen LogP contribution in [0.25, 0.3) is 99.9 Å². The standard InChI is InChI=1S/C47H30N4OS2/c52-27-40-41(29-10-4-1-5-11-29)28-53-46(40)47-44(43(30-12-6-2-7-13-30)45(54-47)31-14-8-3-9-15-31)39-25-38-24-36-19-18-34(49-36)22-32-16-17-33(48-32)23-35-20-21-37(50-35)26-42(39)51-38/h1-28,48,51H. The summed E-state index contributed by atoms with van der Waals surface area (Å²) in [5.41, 5.74) is 15.3. The van der Waals surface area contributed by atoms with Crippen LogP contribution >= 0.6 is 22.7 Å². The Morgan fingerprint density at radius 1 is 0.481 bits per heavy atom. The Morgan fingerprint density at radius 2 is 1.04 bits per heavy atom. The van der Waals surface area contributed by atoms with Crippen LogP contribution in [-0.4, -0.2) is 26.2 Å². The zero-order valence-corrected chi connectivity index (χ0v) is 30.4. The molecule has 0 aliphatic carbocycles. The summed E-state index contributed by atoms with van der Waals surface area (Å²) < 4.78 is 0. The summed E-state index contributed by atoms with van der Waals surface area (Å²) in [5, 5.41) is 2.12. The average Bonchev–Trinajstić information content (AvgIpc) is 4.07. The number of H-pyrrole nitrogens is 2. The molecule has 0 saturated carbocycles. The molecule has 8 bridgehead atoms. The third-order valence-electron chi connectivity index (χ3n) is 9.68. The highest BCUT2D eigenvalue weighted by Crippen LogP contribution is 2.55. The number of rotatable bonds is 6. The van der Waals surface area contributed by atoms with E-state index in [1.54, 1.807) is 22.7 Å². The molecule has 7 heterocycles. The molecule has 0 saturated heterocycles. The van der Waals surface area contributed by atoms with E-state index in [1.807, 2.05) is 48.6 Å². The summed E-state index contributed by atoms with van der Waals surface area (Å²) in [6, 6.07) is 45.9. The van der Waals surface area contributed by atoms with Crippen molar-refractivity contribution in [1.82, 2.24) is 19.9 Å². The SMILES string of the molecule is O=Cc1c(-c2ccccc2)csc1-c1sc(-c2ccccc2)c(-c2ccccc2)c1-c1cc2cc3nc(cc4ccc(cc5nc(cc1[nH]2)C=C5)[nH]4)C=C3. The average molecular weight is 731 g/mol. The normalized spacial score (nSPS) is 12.0. The van der Waals surface area contributed by atoms with Crippen LogP contribution in [0.3, 0.4) is 0 Å². The van der Waals surface area contributed by atoms with Gasteiger partial charge in [0.15, 0.2) is 6.29 Å². The van der Waals surface area contributed by atoms with Crippen molar-refractivity contribution in [3.8, 4) is 53.6 Å². The molecule has 5 aromatic heterocycles. The van der Waals surface area contributed by atoms with Crippen LogP contribution in [0.5, 0.6) is 0 Å². The lowest BCUT2D eigenvalue weighted by molar-refractivity contribution is 0.112. The van der Waals surface area contributed by atoms with Gasteiger partial charge in [-0.15, -0.1) is 22.7 Å². The van der Waals surface area contributed by atoms with Gasteiger partial charge >= 0.3 is 0 Å². The molecular weight excluding hydrogens is 701 g/mol. The number of thiophene rings is 2. The predicted octanol–water partition coefficient (Wildman–Crippen LogP) is 12.9. The van der Waals surface area contributed by atoms with Gasteiger partial charge in [0, 0.05) is 54.8 Å². The molecule has 0 fully saturated rings. The molecule has 54 heavy (non-hydrogen) atoms. The van der Waals surface area contributed by atoms with Crippen LogP contribution in [-0.2, 0) is 0 Å². The molecule has 0 unspecified atom stereocenters. The Labute approximate surface area is 319 Å². The highest BCUT2D eigenvalue weighted by atomic mass is 32.1. The maximum atomic E-state index is 13.1. The van der Waals surface area contributed by atoms with E-state index in [-0.39, 0.29) is 0 Å². The van der Waals surface area contributed by atoms with Crippen LogP contribution in [0.15, 0.2) is 139 Å². The van der Waals surface area contributed by atoms with Gasteiger partial charge in [0.1, 0.15) is 0 Å². The summed E-state index contributed by atoms with van der Waals surface area (Å²) in [4.78, 5) is 33.4. The second-order valence-corrected chi connectivity index (χ2v) is 15.1. The van der Waals surface area contributed by atoms with Gasteiger partial charge in [-0.25, -0.2) is 9.97 Å². The maximum absolute atomic E-state index is 13.1. The Hall–Kier alpha value is -6.67. The Balaban J connectivity index is 1.32. The van der Waals surface area contributed by atoms with Crippen LogP contribution in [0.2, 0.25) is 0 Å². The van der Waals surface area contributed by atoms with E-state index in [0.717, 1.165) is 105 Å². The van der Waals surface area contributed by atoms with Gasteiger partial charge in [-0.3, -0.25) is 4.79 Å². The van der Waals surface area contributed by atoms with E-state index in [9.17, 15) is 4.79 Å². The lowest BCUT2D eigenvalue weighted by Gasteiger charge is -2.10. The molecule has 2 N–H and O–H groups in total. The number of benzene rings is 3. The zero-order valence-electron chi connectivity index (χ0n) is 28.8. The van der Waals surface area contributed by atoms with Crippen molar-refractivity contribution in [2.24, 2.45) is 0 Å². The van der Waals surface area contributed by atoms with Crippen LogP contribution < -0.4 is 0 Å². The summed E-state index contributed by atoms with van der Waals surface area (Å²) in [5.74, 6) is 0. The summed E-state index contributed by atoms with van der Waals surface area (Å²) in [6.07, 6.45) is 9.19. The minimum atomic E-state index is 0.696. The van der Waals surface area contributed by atoms with Gasteiger partial charge in [0.05, 0.1) is 32.5 Å². The number of carbonyl (C=O) groups is 1. The number of nitrogens with zero attached hydrogens (tertiary/aromatic N) is 2. The molecule has 0 spiro atoms. The van der Waals surface area contributed by atoms with Crippen LogP contribution in [0, 0.1) is 0 Å². The molecule has 7 heteroatoms. The van der Waals surface area contributed by atoms with E-state index in [0.29, 0.717) is 5.56 Å². The first-order valence-electron chi connectivity index (χ1n) is 17.7. The van der Waals surface area contributed by atoms with Gasteiger partial charge in [0.25, 0.3) is 0 Å². The molecule has 0 amide bonds. The van der Waals surface area contributed by atoms with Gasteiger partial charge in [-0.1, -0.05) is 91.0 Å². The van der Waals surface area contributed by atoms with E-state index >= 15 is 0 Å². The summed E-state index contributed by atoms with van der Waals surface area (Å²) >= 11 is 3.36. The Bertz CT molecular complexity index is 2950. The lowest BCUT2D eigenvalue weighted by atomic mass is 9.92. The monoisotopic (exact) mass is 730 g/mol. The van der Waals surface area contributed by atoms with Crippen molar-refractivity contribution < 1.29 is 4.79 Å². The maximum Gasteiger partial charge on any atom is 0.152 e. The predicted molar refractivity (Wildman–Crippen MR) is 227 cm³/mol. The van der Waals surface area contributed by atoms with Crippen LogP contribution in [0.1, 0.15) is 33.1 Å². The third kappa shape index (κ3) is 5.86. The quantitative estimate of drug-likeness (QED) is 0.167. The number of fused-ring (bicyclic) bond motifs is 8. The van der Waals surface area contributed by atoms with E-state index in [2.05, 4.69) is 125 Å². The van der Waals surface area contributed by atoms with Gasteiger partial charge < -0.3 is 9.97 Å². The largest absolute Gasteiger partial charge is 0.355 e. The summed E-state index contributed by atoms with van der Waals surface area (Å²) in [6.45, 7) is 0. The van der Waals surface area contributed by atoms with Gasteiger partial charge in [-0.2, -0.15) is 0 Å². The third-order valence-corrected chi connectivity index (χ3v) is 12.1. The number of nitrogens with one attached hydrogen (secondary N) is 2. The molecule has 0 radical (unpaired) electrons. The van der Waals surface area contributed by atoms with E-state index in [1.165, 1.54) is 0 Å². The second-order valence-electron chi connectivity index (χ2n) is 13.2. The van der Waals surface area contributed by atoms with E-state index < -0.39 is 0 Å². The highest BCUT2D eigenvalue weighted by molar-refractivity contribution is 7.24.